The molecular weight excluding hydrogens is 396 g/mol. The summed E-state index contributed by atoms with van der Waals surface area (Å²) in [5.41, 5.74) is 0.609. The molecule has 2 aromatic rings. The van der Waals surface area contributed by atoms with E-state index in [1.165, 1.54) is 0 Å². The van der Waals surface area contributed by atoms with Gasteiger partial charge in [-0.2, -0.15) is 5.26 Å². The van der Waals surface area contributed by atoms with Crippen LogP contribution in [0.15, 0.2) is 30.5 Å². The molecule has 30 heavy (non-hydrogen) atoms. The standard InChI is InChI=1S/C22H26N6OS/c23-10-16-12-26-21(18-4-2-1-3-17(16)18)28-6-5-24-13-20(28)15-9-19(25-11-15)22(29)27-7-8-30-14-27/h1-4,12,15,19-20,24-25H,5-9,11,13-14H2/t15-,19-,20?/m0/s1. The maximum atomic E-state index is 12.9. The van der Waals surface area contributed by atoms with Gasteiger partial charge in [-0.25, -0.2) is 4.98 Å². The lowest BCUT2D eigenvalue weighted by Crippen LogP contribution is -2.55. The number of pyridine rings is 1. The van der Waals surface area contributed by atoms with Crippen molar-refractivity contribution in [2.45, 2.75) is 18.5 Å². The quantitative estimate of drug-likeness (QED) is 0.773. The van der Waals surface area contributed by atoms with Crippen molar-refractivity contribution in [3.05, 3.63) is 36.0 Å². The van der Waals surface area contributed by atoms with Crippen molar-refractivity contribution < 1.29 is 4.79 Å². The average Bonchev–Trinajstić information content (AvgIpc) is 3.50. The van der Waals surface area contributed by atoms with E-state index >= 15 is 0 Å². The normalized spacial score (nSPS) is 26.8. The Morgan fingerprint density at radius 3 is 2.90 bits per heavy atom. The number of nitrogens with one attached hydrogen (secondary N) is 2. The Labute approximate surface area is 180 Å². The van der Waals surface area contributed by atoms with E-state index in [-0.39, 0.29) is 18.0 Å². The van der Waals surface area contributed by atoms with Gasteiger partial charge in [0.25, 0.3) is 0 Å². The number of piperazine rings is 1. The van der Waals surface area contributed by atoms with Gasteiger partial charge in [0.15, 0.2) is 0 Å². The predicted octanol–water partition coefficient (Wildman–Crippen LogP) is 1.40. The number of nitriles is 1. The number of aromatic nitrogens is 1. The van der Waals surface area contributed by atoms with Gasteiger partial charge in [-0.05, 0) is 12.3 Å². The summed E-state index contributed by atoms with van der Waals surface area (Å²) in [6.45, 7) is 4.35. The van der Waals surface area contributed by atoms with Crippen LogP contribution in [0.3, 0.4) is 0 Å². The molecule has 2 N–H and O–H groups in total. The lowest BCUT2D eigenvalue weighted by Gasteiger charge is -2.40. The molecule has 3 aliphatic heterocycles. The summed E-state index contributed by atoms with van der Waals surface area (Å²) in [5.74, 6) is 3.43. The van der Waals surface area contributed by atoms with E-state index in [2.05, 4.69) is 27.7 Å². The number of carbonyl (C=O) groups is 1. The summed E-state index contributed by atoms with van der Waals surface area (Å²) >= 11 is 1.83. The Kier molecular flexibility index (Phi) is 5.50. The molecule has 8 heteroatoms. The van der Waals surface area contributed by atoms with Crippen LogP contribution in [-0.2, 0) is 4.79 Å². The smallest absolute Gasteiger partial charge is 0.240 e. The molecule has 4 heterocycles. The van der Waals surface area contributed by atoms with E-state index < -0.39 is 0 Å². The second kappa shape index (κ2) is 8.42. The van der Waals surface area contributed by atoms with Gasteiger partial charge in [-0.15, -0.1) is 11.8 Å². The van der Waals surface area contributed by atoms with Gasteiger partial charge >= 0.3 is 0 Å². The number of thioether (sulfide) groups is 1. The lowest BCUT2D eigenvalue weighted by atomic mass is 9.93. The molecule has 3 fully saturated rings. The summed E-state index contributed by atoms with van der Waals surface area (Å²) in [5, 5.41) is 18.5. The van der Waals surface area contributed by atoms with Gasteiger partial charge in [0, 0.05) is 61.5 Å². The minimum atomic E-state index is -0.0804. The van der Waals surface area contributed by atoms with E-state index in [1.807, 2.05) is 34.9 Å². The van der Waals surface area contributed by atoms with Gasteiger partial charge in [0.1, 0.15) is 11.9 Å². The molecule has 1 aromatic heterocycles. The summed E-state index contributed by atoms with van der Waals surface area (Å²) in [6, 6.07) is 10.5. The monoisotopic (exact) mass is 422 g/mol. The Hall–Kier alpha value is -2.34. The Morgan fingerprint density at radius 1 is 1.23 bits per heavy atom. The lowest BCUT2D eigenvalue weighted by molar-refractivity contribution is -0.131. The number of carbonyl (C=O) groups excluding carboxylic acids is 1. The maximum absolute atomic E-state index is 12.9. The summed E-state index contributed by atoms with van der Waals surface area (Å²) in [7, 11) is 0. The number of benzene rings is 1. The third-order valence-corrected chi connectivity index (χ3v) is 7.49. The number of anilines is 1. The van der Waals surface area contributed by atoms with Gasteiger partial charge in [-0.3, -0.25) is 4.79 Å². The number of hydrogen-bond donors (Lipinski definition) is 2. The van der Waals surface area contributed by atoms with E-state index in [4.69, 9.17) is 4.98 Å². The van der Waals surface area contributed by atoms with Crippen LogP contribution < -0.4 is 15.5 Å². The summed E-state index contributed by atoms with van der Waals surface area (Å²) < 4.78 is 0. The molecule has 1 aromatic carbocycles. The highest BCUT2D eigenvalue weighted by molar-refractivity contribution is 7.99. The number of rotatable bonds is 3. The maximum Gasteiger partial charge on any atom is 0.240 e. The Morgan fingerprint density at radius 2 is 2.10 bits per heavy atom. The first-order valence-corrected chi connectivity index (χ1v) is 11.8. The fourth-order valence-electron chi connectivity index (χ4n) is 4.96. The molecule has 0 aliphatic carbocycles. The molecule has 3 atom stereocenters. The van der Waals surface area contributed by atoms with Crippen LogP contribution in [0, 0.1) is 17.2 Å². The Balaban J connectivity index is 1.40. The highest BCUT2D eigenvalue weighted by Crippen LogP contribution is 2.32. The molecule has 1 amide bonds. The van der Waals surface area contributed by atoms with E-state index in [0.29, 0.717) is 11.5 Å². The predicted molar refractivity (Wildman–Crippen MR) is 119 cm³/mol. The van der Waals surface area contributed by atoms with Crippen LogP contribution in [0.5, 0.6) is 0 Å². The van der Waals surface area contributed by atoms with Crippen LogP contribution in [0.4, 0.5) is 5.82 Å². The SMILES string of the molecule is N#Cc1cnc(N2CCNCC2[C@@H]2CN[C@H](C(=O)N3CCSC3)C2)c2ccccc12. The topological polar surface area (TPSA) is 84.3 Å². The van der Waals surface area contributed by atoms with Gasteiger partial charge in [-0.1, -0.05) is 24.3 Å². The van der Waals surface area contributed by atoms with E-state index in [0.717, 1.165) is 67.4 Å². The molecule has 3 aliphatic rings. The second-order valence-corrected chi connectivity index (χ2v) is 9.29. The van der Waals surface area contributed by atoms with Crippen molar-refractivity contribution in [3.63, 3.8) is 0 Å². The zero-order chi connectivity index (χ0) is 20.5. The van der Waals surface area contributed by atoms with Crippen molar-refractivity contribution in [2.24, 2.45) is 5.92 Å². The molecule has 0 radical (unpaired) electrons. The molecular formula is C22H26N6OS. The van der Waals surface area contributed by atoms with E-state index in [1.54, 1.807) is 6.20 Å². The van der Waals surface area contributed by atoms with Crippen LogP contribution in [0.1, 0.15) is 12.0 Å². The Bertz CT molecular complexity index is 985. The average molecular weight is 423 g/mol. The molecule has 3 saturated heterocycles. The highest BCUT2D eigenvalue weighted by Gasteiger charge is 2.40. The third-order valence-electron chi connectivity index (χ3n) is 6.52. The molecule has 7 nitrogen and oxygen atoms in total. The molecule has 5 rings (SSSR count). The zero-order valence-corrected chi connectivity index (χ0v) is 17.7. The van der Waals surface area contributed by atoms with Gasteiger partial charge in [0.05, 0.1) is 17.5 Å². The first kappa shape index (κ1) is 19.6. The van der Waals surface area contributed by atoms with Crippen molar-refractivity contribution in [2.75, 3.05) is 49.3 Å². The third kappa shape index (κ3) is 3.51. The summed E-state index contributed by atoms with van der Waals surface area (Å²) in [4.78, 5) is 21.9. The molecule has 0 spiro atoms. The fraction of sp³-hybridized carbons (Fsp3) is 0.500. The van der Waals surface area contributed by atoms with Crippen molar-refractivity contribution >= 4 is 34.3 Å². The summed E-state index contributed by atoms with van der Waals surface area (Å²) in [6.07, 6.45) is 2.55. The van der Waals surface area contributed by atoms with Crippen LogP contribution >= 0.6 is 11.8 Å². The number of amides is 1. The van der Waals surface area contributed by atoms with E-state index in [9.17, 15) is 10.1 Å². The van der Waals surface area contributed by atoms with Gasteiger partial charge < -0.3 is 20.4 Å². The molecule has 0 bridgehead atoms. The minimum Gasteiger partial charge on any atom is -0.350 e. The van der Waals surface area contributed by atoms with Crippen molar-refractivity contribution in [3.8, 4) is 6.07 Å². The second-order valence-electron chi connectivity index (χ2n) is 8.21. The van der Waals surface area contributed by atoms with Crippen LogP contribution in [0.25, 0.3) is 10.8 Å². The zero-order valence-electron chi connectivity index (χ0n) is 16.9. The van der Waals surface area contributed by atoms with Gasteiger partial charge in [0.2, 0.25) is 5.91 Å². The van der Waals surface area contributed by atoms with Crippen molar-refractivity contribution in [1.29, 1.82) is 5.26 Å². The first-order valence-electron chi connectivity index (χ1n) is 10.6. The molecule has 1 unspecified atom stereocenters. The highest BCUT2D eigenvalue weighted by atomic mass is 32.2. The van der Waals surface area contributed by atoms with Crippen molar-refractivity contribution in [1.82, 2.24) is 20.5 Å². The minimum absolute atomic E-state index is 0.0804. The number of fused-ring (bicyclic) bond motifs is 1. The molecule has 156 valence electrons. The van der Waals surface area contributed by atoms with Crippen LogP contribution in [0.2, 0.25) is 0 Å². The number of hydrogen-bond acceptors (Lipinski definition) is 7. The fourth-order valence-corrected chi connectivity index (χ4v) is 5.91. The first-order chi connectivity index (χ1) is 14.8. The largest absolute Gasteiger partial charge is 0.350 e. The number of nitrogens with zero attached hydrogens (tertiary/aromatic N) is 4. The van der Waals surface area contributed by atoms with Crippen LogP contribution in [-0.4, -0.2) is 72.2 Å². The molecule has 0 saturated carbocycles.